The van der Waals surface area contributed by atoms with E-state index >= 15 is 0 Å². The maximum atomic E-state index is 12.9. The number of aryl methyl sites for hydroxylation is 1. The molecule has 0 spiro atoms. The summed E-state index contributed by atoms with van der Waals surface area (Å²) in [5.74, 6) is 1.54. The van der Waals surface area contributed by atoms with E-state index in [2.05, 4.69) is 16.0 Å². The number of hydrogen-bond acceptors (Lipinski definition) is 3. The van der Waals surface area contributed by atoms with Crippen LogP contribution in [0.2, 0.25) is 0 Å². The third kappa shape index (κ3) is 3.79. The Hall–Kier alpha value is -3.60. The molecular formula is C25H25N3O2. The second-order valence-corrected chi connectivity index (χ2v) is 7.37. The quantitative estimate of drug-likeness (QED) is 0.502. The molecule has 1 atom stereocenters. The van der Waals surface area contributed by atoms with Gasteiger partial charge in [-0.3, -0.25) is 4.79 Å². The zero-order valence-corrected chi connectivity index (χ0v) is 17.4. The number of ether oxygens (including phenoxy) is 1. The number of methoxy groups -OCH3 is 1. The number of hydrogen-bond donors (Lipinski definition) is 1. The van der Waals surface area contributed by atoms with Crippen molar-refractivity contribution in [3.63, 3.8) is 0 Å². The minimum absolute atomic E-state index is 0.100. The molecule has 0 aliphatic heterocycles. The number of nitrogens with one attached hydrogen (secondary N) is 1. The third-order valence-corrected chi connectivity index (χ3v) is 5.33. The van der Waals surface area contributed by atoms with Gasteiger partial charge in [0, 0.05) is 11.1 Å². The Kier molecular flexibility index (Phi) is 5.53. The fraction of sp³-hybridized carbons (Fsp3) is 0.200. The number of imidazole rings is 1. The predicted octanol–water partition coefficient (Wildman–Crippen LogP) is 4.89. The Labute approximate surface area is 176 Å². The average molecular weight is 399 g/mol. The van der Waals surface area contributed by atoms with Crippen LogP contribution in [0.25, 0.3) is 11.0 Å². The number of nitrogens with zero attached hydrogens (tertiary/aromatic N) is 2. The zero-order chi connectivity index (χ0) is 21.1. The number of fused-ring (bicyclic) bond motifs is 1. The lowest BCUT2D eigenvalue weighted by molar-refractivity contribution is 0.0937. The Morgan fingerprint density at radius 3 is 2.53 bits per heavy atom. The van der Waals surface area contributed by atoms with E-state index < -0.39 is 0 Å². The summed E-state index contributed by atoms with van der Waals surface area (Å²) < 4.78 is 7.69. The molecule has 1 amide bonds. The molecule has 0 radical (unpaired) electrons. The van der Waals surface area contributed by atoms with Crippen LogP contribution in [0.5, 0.6) is 5.75 Å². The molecule has 1 aromatic heterocycles. The van der Waals surface area contributed by atoms with Gasteiger partial charge in [-0.25, -0.2) is 4.98 Å². The molecule has 0 bridgehead atoms. The highest BCUT2D eigenvalue weighted by atomic mass is 16.5. The van der Waals surface area contributed by atoms with Gasteiger partial charge < -0.3 is 14.6 Å². The van der Waals surface area contributed by atoms with E-state index in [1.54, 1.807) is 7.11 Å². The topological polar surface area (TPSA) is 56.1 Å². The normalized spacial score (nSPS) is 12.0. The first-order valence-electron chi connectivity index (χ1n) is 10.0. The molecule has 4 rings (SSSR count). The molecule has 3 aromatic carbocycles. The van der Waals surface area contributed by atoms with Crippen molar-refractivity contribution in [2.24, 2.45) is 0 Å². The summed E-state index contributed by atoms with van der Waals surface area (Å²) in [6.07, 6.45) is 0. The van der Waals surface area contributed by atoms with E-state index in [1.165, 1.54) is 0 Å². The molecule has 152 valence electrons. The Balaban J connectivity index is 1.71. The smallest absolute Gasteiger partial charge is 0.252 e. The highest BCUT2D eigenvalue weighted by Gasteiger charge is 2.20. The number of aromatic nitrogens is 2. The SMILES string of the molecule is COc1ccccc1Cn1c(C(C)NC(=O)c2ccccc2C)nc2ccccc21. The molecule has 0 saturated carbocycles. The average Bonchev–Trinajstić information content (AvgIpc) is 3.13. The van der Waals surface area contributed by atoms with Crippen molar-refractivity contribution in [2.75, 3.05) is 7.11 Å². The summed E-state index contributed by atoms with van der Waals surface area (Å²) in [6.45, 7) is 4.51. The maximum absolute atomic E-state index is 12.9. The predicted molar refractivity (Wildman–Crippen MR) is 119 cm³/mol. The van der Waals surface area contributed by atoms with Gasteiger partial charge in [0.15, 0.2) is 0 Å². The molecule has 1 heterocycles. The number of amides is 1. The first-order valence-corrected chi connectivity index (χ1v) is 10.0. The molecule has 4 aromatic rings. The summed E-state index contributed by atoms with van der Waals surface area (Å²) in [5, 5.41) is 3.12. The lowest BCUT2D eigenvalue weighted by Gasteiger charge is -2.18. The molecule has 0 saturated heterocycles. The van der Waals surface area contributed by atoms with E-state index in [4.69, 9.17) is 9.72 Å². The van der Waals surface area contributed by atoms with Crippen molar-refractivity contribution in [3.05, 3.63) is 95.3 Å². The second-order valence-electron chi connectivity index (χ2n) is 7.37. The monoisotopic (exact) mass is 399 g/mol. The Morgan fingerprint density at radius 2 is 1.73 bits per heavy atom. The lowest BCUT2D eigenvalue weighted by Crippen LogP contribution is -2.29. The van der Waals surface area contributed by atoms with Crippen LogP contribution in [0.15, 0.2) is 72.8 Å². The molecule has 30 heavy (non-hydrogen) atoms. The fourth-order valence-electron chi connectivity index (χ4n) is 3.76. The minimum Gasteiger partial charge on any atom is -0.496 e. The van der Waals surface area contributed by atoms with E-state index in [0.29, 0.717) is 12.1 Å². The summed E-state index contributed by atoms with van der Waals surface area (Å²) in [4.78, 5) is 17.7. The van der Waals surface area contributed by atoms with Gasteiger partial charge in [-0.2, -0.15) is 0 Å². The van der Waals surface area contributed by atoms with Crippen LogP contribution >= 0.6 is 0 Å². The van der Waals surface area contributed by atoms with Crippen LogP contribution in [-0.4, -0.2) is 22.6 Å². The van der Waals surface area contributed by atoms with Crippen LogP contribution in [0.1, 0.15) is 40.3 Å². The molecule has 0 aliphatic rings. The minimum atomic E-state index is -0.265. The van der Waals surface area contributed by atoms with Crippen LogP contribution in [-0.2, 0) is 6.54 Å². The highest BCUT2D eigenvalue weighted by Crippen LogP contribution is 2.26. The molecule has 5 heteroatoms. The lowest BCUT2D eigenvalue weighted by atomic mass is 10.1. The standard InChI is InChI=1S/C25H25N3O2/c1-17-10-4-6-12-20(17)25(29)26-18(2)24-27-21-13-7-8-14-22(21)28(24)16-19-11-5-9-15-23(19)30-3/h4-15,18H,16H2,1-3H3,(H,26,29). The third-order valence-electron chi connectivity index (χ3n) is 5.33. The first kappa shape index (κ1) is 19.7. The highest BCUT2D eigenvalue weighted by molar-refractivity contribution is 5.95. The van der Waals surface area contributed by atoms with Gasteiger partial charge >= 0.3 is 0 Å². The zero-order valence-electron chi connectivity index (χ0n) is 17.4. The largest absolute Gasteiger partial charge is 0.496 e. The summed E-state index contributed by atoms with van der Waals surface area (Å²) in [6, 6.07) is 23.3. The van der Waals surface area contributed by atoms with Gasteiger partial charge in [0.25, 0.3) is 5.91 Å². The van der Waals surface area contributed by atoms with Crippen LogP contribution < -0.4 is 10.1 Å². The van der Waals surface area contributed by atoms with Crippen LogP contribution in [0.3, 0.4) is 0 Å². The Morgan fingerprint density at radius 1 is 1.03 bits per heavy atom. The molecule has 5 nitrogen and oxygen atoms in total. The number of carbonyl (C=O) groups is 1. The van der Waals surface area contributed by atoms with E-state index in [9.17, 15) is 4.79 Å². The van der Waals surface area contributed by atoms with Crippen molar-refractivity contribution in [1.29, 1.82) is 0 Å². The number of benzene rings is 3. The van der Waals surface area contributed by atoms with Crippen molar-refractivity contribution >= 4 is 16.9 Å². The van der Waals surface area contributed by atoms with Gasteiger partial charge in [0.05, 0.1) is 30.7 Å². The summed E-state index contributed by atoms with van der Waals surface area (Å²) in [7, 11) is 1.68. The van der Waals surface area contributed by atoms with Gasteiger partial charge in [-0.15, -0.1) is 0 Å². The van der Waals surface area contributed by atoms with Gasteiger partial charge in [0.1, 0.15) is 11.6 Å². The molecule has 0 aliphatic carbocycles. The molecular weight excluding hydrogens is 374 g/mol. The molecule has 1 N–H and O–H groups in total. The second kappa shape index (κ2) is 8.41. The van der Waals surface area contributed by atoms with Crippen molar-refractivity contribution in [2.45, 2.75) is 26.4 Å². The van der Waals surface area contributed by atoms with Crippen LogP contribution in [0.4, 0.5) is 0 Å². The number of carbonyl (C=O) groups excluding carboxylic acids is 1. The van der Waals surface area contributed by atoms with Crippen molar-refractivity contribution < 1.29 is 9.53 Å². The van der Waals surface area contributed by atoms with E-state index in [1.807, 2.05) is 80.6 Å². The number of para-hydroxylation sites is 3. The van der Waals surface area contributed by atoms with E-state index in [0.717, 1.165) is 33.7 Å². The molecule has 0 fully saturated rings. The maximum Gasteiger partial charge on any atom is 0.252 e. The van der Waals surface area contributed by atoms with E-state index in [-0.39, 0.29) is 11.9 Å². The van der Waals surface area contributed by atoms with Gasteiger partial charge in [-0.1, -0.05) is 48.5 Å². The Bertz CT molecular complexity index is 1200. The first-order chi connectivity index (χ1) is 14.6. The number of rotatable bonds is 6. The van der Waals surface area contributed by atoms with Gasteiger partial charge in [0.2, 0.25) is 0 Å². The van der Waals surface area contributed by atoms with Crippen LogP contribution in [0, 0.1) is 6.92 Å². The summed E-state index contributed by atoms with van der Waals surface area (Å²) >= 11 is 0. The van der Waals surface area contributed by atoms with Gasteiger partial charge in [-0.05, 0) is 43.7 Å². The fourth-order valence-corrected chi connectivity index (χ4v) is 3.76. The van der Waals surface area contributed by atoms with Crippen molar-refractivity contribution in [3.8, 4) is 5.75 Å². The van der Waals surface area contributed by atoms with Crippen molar-refractivity contribution in [1.82, 2.24) is 14.9 Å². The molecule has 1 unspecified atom stereocenters. The summed E-state index contributed by atoms with van der Waals surface area (Å²) in [5.41, 5.74) is 4.61.